The lowest BCUT2D eigenvalue weighted by atomic mass is 10.0. The van der Waals surface area contributed by atoms with Crippen LogP contribution in [-0.2, 0) is 21.2 Å². The van der Waals surface area contributed by atoms with Gasteiger partial charge in [-0.15, -0.1) is 0 Å². The van der Waals surface area contributed by atoms with E-state index in [-0.39, 0.29) is 24.0 Å². The minimum Gasteiger partial charge on any atom is -0.494 e. The van der Waals surface area contributed by atoms with Crippen LogP contribution in [0.25, 0.3) is 11.1 Å². The molecule has 3 aromatic carbocycles. The van der Waals surface area contributed by atoms with E-state index >= 15 is 0 Å². The van der Waals surface area contributed by atoms with Gasteiger partial charge in [0.05, 0.1) is 40.3 Å². The van der Waals surface area contributed by atoms with E-state index in [4.69, 9.17) is 9.72 Å². The molecule has 0 aliphatic carbocycles. The smallest absolute Gasteiger partial charge is 0.262 e. The van der Waals surface area contributed by atoms with Crippen LogP contribution in [0.3, 0.4) is 0 Å². The summed E-state index contributed by atoms with van der Waals surface area (Å²) >= 11 is 3.57. The van der Waals surface area contributed by atoms with Gasteiger partial charge in [-0.3, -0.25) is 39.0 Å². The summed E-state index contributed by atoms with van der Waals surface area (Å²) in [5.74, 6) is -0.574. The molecule has 6 heterocycles. The number of aryl methyl sites for hydroxylation is 1. The van der Waals surface area contributed by atoms with Gasteiger partial charge in [0.1, 0.15) is 24.8 Å². The molecule has 4 amide bonds. The molecule has 0 spiro atoms. The Hall–Kier alpha value is -6.10. The van der Waals surface area contributed by atoms with Crippen molar-refractivity contribution in [1.82, 2.24) is 34.9 Å². The first-order valence-corrected chi connectivity index (χ1v) is 23.7. The zero-order chi connectivity index (χ0) is 43.4. The van der Waals surface area contributed by atoms with Gasteiger partial charge in [0, 0.05) is 105 Å². The number of imide groups is 2. The summed E-state index contributed by atoms with van der Waals surface area (Å²) in [6, 6.07) is 16.2. The number of ether oxygens (including phenoxy) is 1. The van der Waals surface area contributed by atoms with Crippen molar-refractivity contribution < 1.29 is 28.5 Å². The zero-order valence-corrected chi connectivity index (χ0v) is 37.1. The Balaban J connectivity index is 0.883. The normalized spacial score (nSPS) is 18.5. The highest BCUT2D eigenvalue weighted by Gasteiger charge is 2.45. The maximum Gasteiger partial charge on any atom is 0.262 e. The van der Waals surface area contributed by atoms with E-state index in [1.807, 2.05) is 61.9 Å². The second-order valence-corrected chi connectivity index (χ2v) is 20.3. The third-order valence-electron chi connectivity index (χ3n) is 11.9. The number of anilines is 6. The summed E-state index contributed by atoms with van der Waals surface area (Å²) in [4.78, 5) is 68.2. The number of para-hydroxylation sites is 1. The molecule has 3 fully saturated rings. The average molecular weight is 923 g/mol. The Bertz CT molecular complexity index is 2690. The number of piperidine rings is 1. The number of carbonyl (C=O) groups is 4. The average Bonchev–Trinajstić information content (AvgIpc) is 3.77. The number of methoxy groups -OCH3 is 1. The number of nitrogens with one attached hydrogen (secondary N) is 3. The quantitative estimate of drug-likeness (QED) is 0.121. The van der Waals surface area contributed by atoms with Gasteiger partial charge in [0.15, 0.2) is 0 Å². The molecule has 3 N–H and O–H groups in total. The van der Waals surface area contributed by atoms with Crippen LogP contribution in [0.4, 0.5) is 34.5 Å². The number of aromatic nitrogens is 4. The Kier molecular flexibility index (Phi) is 10.9. The number of piperazine rings is 1. The first-order chi connectivity index (χ1) is 29.7. The molecule has 4 aliphatic rings. The molecule has 0 radical (unpaired) electrons. The second kappa shape index (κ2) is 16.3. The first-order valence-electron chi connectivity index (χ1n) is 20.3. The van der Waals surface area contributed by atoms with Crippen LogP contribution in [0.5, 0.6) is 5.75 Å². The fourth-order valence-electron chi connectivity index (χ4n) is 8.58. The van der Waals surface area contributed by atoms with E-state index in [9.17, 15) is 23.7 Å². The van der Waals surface area contributed by atoms with Crippen LogP contribution in [0.2, 0.25) is 0 Å². The van der Waals surface area contributed by atoms with Crippen molar-refractivity contribution in [2.24, 2.45) is 7.05 Å². The zero-order valence-electron chi connectivity index (χ0n) is 34.6. The van der Waals surface area contributed by atoms with Crippen LogP contribution in [0, 0.1) is 0 Å². The van der Waals surface area contributed by atoms with E-state index in [0.717, 1.165) is 72.0 Å². The molecule has 17 nitrogen and oxygen atoms in total. The van der Waals surface area contributed by atoms with Gasteiger partial charge in [-0.05, 0) is 72.1 Å². The number of nitrogens with zero attached hydrogens (tertiary/aromatic N) is 8. The number of hydrogen-bond acceptors (Lipinski definition) is 14. The third-order valence-corrected chi connectivity index (χ3v) is 14.0. The van der Waals surface area contributed by atoms with Crippen molar-refractivity contribution >= 4 is 86.5 Å². The molecule has 0 saturated carbocycles. The van der Waals surface area contributed by atoms with Crippen LogP contribution >= 0.6 is 23.1 Å². The van der Waals surface area contributed by atoms with Crippen molar-refractivity contribution in [2.45, 2.75) is 24.9 Å². The van der Waals surface area contributed by atoms with Crippen molar-refractivity contribution in [2.75, 3.05) is 80.1 Å². The highest BCUT2D eigenvalue weighted by atomic mass is 79.9. The molecule has 62 heavy (non-hydrogen) atoms. The van der Waals surface area contributed by atoms with E-state index < -0.39 is 36.8 Å². The maximum atomic E-state index is 13.4. The largest absolute Gasteiger partial charge is 0.494 e. The van der Waals surface area contributed by atoms with Crippen molar-refractivity contribution in [3.63, 3.8) is 0 Å². The molecule has 4 aliphatic heterocycles. The van der Waals surface area contributed by atoms with E-state index in [2.05, 4.69) is 56.7 Å². The van der Waals surface area contributed by atoms with Gasteiger partial charge in [-0.1, -0.05) is 12.1 Å². The van der Waals surface area contributed by atoms with Crippen LogP contribution in [0.1, 0.15) is 33.6 Å². The van der Waals surface area contributed by atoms with Gasteiger partial charge < -0.3 is 29.7 Å². The highest BCUT2D eigenvalue weighted by molar-refractivity contribution is 9.10. The monoisotopic (exact) mass is 921 g/mol. The molecular weight excluding hydrogens is 877 g/mol. The van der Waals surface area contributed by atoms with Crippen LogP contribution in [-0.4, -0.2) is 125 Å². The van der Waals surface area contributed by atoms with E-state index in [1.165, 1.54) is 0 Å². The van der Waals surface area contributed by atoms with Gasteiger partial charge in [0.2, 0.25) is 17.8 Å². The van der Waals surface area contributed by atoms with Gasteiger partial charge >= 0.3 is 0 Å². The van der Waals surface area contributed by atoms with Gasteiger partial charge in [-0.2, -0.15) is 10.1 Å². The molecule has 2 aromatic heterocycles. The molecule has 3 saturated heterocycles. The van der Waals surface area contributed by atoms with E-state index in [0.29, 0.717) is 39.4 Å². The molecule has 19 heteroatoms. The van der Waals surface area contributed by atoms with Gasteiger partial charge in [0.25, 0.3) is 11.8 Å². The minimum absolute atomic E-state index is 0.0769. The fraction of sp³-hybridized carbons (Fsp3) is 0.326. The number of hydrogen-bond donors (Lipinski definition) is 3. The third kappa shape index (κ3) is 7.82. The predicted octanol–water partition coefficient (Wildman–Crippen LogP) is 4.80. The predicted molar refractivity (Wildman–Crippen MR) is 240 cm³/mol. The number of fused-ring (bicyclic) bond motifs is 1. The number of amides is 4. The molecule has 0 bridgehead atoms. The minimum atomic E-state index is -2.57. The number of rotatable bonds is 11. The standard InChI is InChI=1S/C43H45BrN11O6P/c1-51-22-25(20-46-51)29-18-33(48-43-45-21-31(44)39(50-43)47-32-7-5-6-8-37(32)62(3,4)60)36(61-2)19-35(29)53-15-13-52(14-16-53)27-23-54(24-27)26-9-10-28-30(17-26)42(59)55(41(28)58)34-11-12-38(56)49-40(34)57/h5-10,17-22,27,34H,11-16,23-24H2,1-4H3,(H,49,56,57)(H2,45,47,48,50). The highest BCUT2D eigenvalue weighted by Crippen LogP contribution is 2.42. The van der Waals surface area contributed by atoms with Crippen molar-refractivity contribution in [3.8, 4) is 16.9 Å². The summed E-state index contributed by atoms with van der Waals surface area (Å²) in [5.41, 5.74) is 5.71. The van der Waals surface area contributed by atoms with E-state index in [1.54, 1.807) is 43.5 Å². The SMILES string of the molecule is COc1cc(N2CCN(C3CN(c4ccc5c(c4)C(=O)N(C4CCC(=O)NC4=O)C5=O)C3)CC2)c(-c2cnn(C)c2)cc1Nc1ncc(Br)c(Nc2ccccc2P(C)(C)=O)n1. The summed E-state index contributed by atoms with van der Waals surface area (Å²) in [7, 11) is 0.953. The van der Waals surface area contributed by atoms with Crippen LogP contribution in [0.15, 0.2) is 77.7 Å². The number of benzene rings is 3. The van der Waals surface area contributed by atoms with Crippen molar-refractivity contribution in [1.29, 1.82) is 0 Å². The Labute approximate surface area is 366 Å². The summed E-state index contributed by atoms with van der Waals surface area (Å²) < 4.78 is 21.4. The number of carbonyl (C=O) groups excluding carboxylic acids is 4. The van der Waals surface area contributed by atoms with Crippen molar-refractivity contribution in [3.05, 3.63) is 88.8 Å². The maximum absolute atomic E-state index is 13.4. The lowest BCUT2D eigenvalue weighted by molar-refractivity contribution is -0.136. The molecule has 320 valence electrons. The Morgan fingerprint density at radius 3 is 2.34 bits per heavy atom. The molecule has 1 atom stereocenters. The summed E-state index contributed by atoms with van der Waals surface area (Å²) in [6.45, 7) is 8.25. The Morgan fingerprint density at radius 2 is 1.63 bits per heavy atom. The summed E-state index contributed by atoms with van der Waals surface area (Å²) in [6.07, 6.45) is 5.69. The number of halogens is 1. The topological polar surface area (TPSA) is 187 Å². The molecule has 9 rings (SSSR count). The Morgan fingerprint density at radius 1 is 0.871 bits per heavy atom. The second-order valence-electron chi connectivity index (χ2n) is 16.2. The lowest BCUT2D eigenvalue weighted by Crippen LogP contribution is -2.63. The molecule has 5 aromatic rings. The lowest BCUT2D eigenvalue weighted by Gasteiger charge is -2.49. The molecule has 1 unspecified atom stereocenters. The first kappa shape index (κ1) is 41.3. The summed E-state index contributed by atoms with van der Waals surface area (Å²) in [5, 5.41) is 14.2. The van der Waals surface area contributed by atoms with Crippen LogP contribution < -0.4 is 35.8 Å². The fourth-order valence-corrected chi connectivity index (χ4v) is 10.0. The van der Waals surface area contributed by atoms with Gasteiger partial charge in [-0.25, -0.2) is 4.98 Å². The molecular formula is C43H45BrN11O6P.